The summed E-state index contributed by atoms with van der Waals surface area (Å²) in [5, 5.41) is 6.25. The smallest absolute Gasteiger partial charge is 0.256 e. The molecule has 0 radical (unpaired) electrons. The van der Waals surface area contributed by atoms with Crippen LogP contribution >= 0.6 is 0 Å². The lowest BCUT2D eigenvalue weighted by Gasteiger charge is -2.09. The molecule has 0 aliphatic rings. The van der Waals surface area contributed by atoms with Gasteiger partial charge in [0.05, 0.1) is 4.90 Å². The molecule has 27 heavy (non-hydrogen) atoms. The molecule has 3 rings (SSSR count). The van der Waals surface area contributed by atoms with Crippen molar-refractivity contribution in [1.82, 2.24) is 9.88 Å². The maximum absolute atomic E-state index is 12.6. The van der Waals surface area contributed by atoms with Gasteiger partial charge in [-0.1, -0.05) is 41.1 Å². The Bertz CT molecular complexity index is 1070. The second-order valence-electron chi connectivity index (χ2n) is 6.12. The number of hydrogen-bond donors (Lipinski definition) is 2. The minimum absolute atomic E-state index is 0.0131. The van der Waals surface area contributed by atoms with E-state index in [0.29, 0.717) is 5.76 Å². The number of carbonyl (C=O) groups is 1. The Labute approximate surface area is 157 Å². The molecule has 1 amide bonds. The van der Waals surface area contributed by atoms with Gasteiger partial charge in [0.1, 0.15) is 5.76 Å². The fraction of sp³-hybridized carbons (Fsp3) is 0.158. The Morgan fingerprint density at radius 2 is 1.85 bits per heavy atom. The number of benzene rings is 2. The van der Waals surface area contributed by atoms with E-state index in [9.17, 15) is 13.2 Å². The van der Waals surface area contributed by atoms with Gasteiger partial charge in [0, 0.05) is 18.2 Å². The SMILES string of the molecule is Cc1cccc(CNS(=O)(=O)c2cccc(C(=O)Nc3cc(C)on3)c2)c1. The van der Waals surface area contributed by atoms with Gasteiger partial charge in [-0.3, -0.25) is 4.79 Å². The summed E-state index contributed by atoms with van der Waals surface area (Å²) in [6, 6.07) is 14.9. The van der Waals surface area contributed by atoms with E-state index in [2.05, 4.69) is 15.2 Å². The highest BCUT2D eigenvalue weighted by Crippen LogP contribution is 2.15. The first-order valence-electron chi connectivity index (χ1n) is 8.23. The molecular formula is C19H19N3O4S. The van der Waals surface area contributed by atoms with Crippen molar-refractivity contribution in [3.05, 3.63) is 77.0 Å². The third kappa shape index (κ3) is 4.81. The summed E-state index contributed by atoms with van der Waals surface area (Å²) >= 11 is 0. The van der Waals surface area contributed by atoms with E-state index in [1.54, 1.807) is 13.0 Å². The van der Waals surface area contributed by atoms with Crippen molar-refractivity contribution in [1.29, 1.82) is 0 Å². The van der Waals surface area contributed by atoms with Crippen LogP contribution in [0.4, 0.5) is 5.82 Å². The van der Waals surface area contributed by atoms with Crippen LogP contribution in [0.1, 0.15) is 27.2 Å². The van der Waals surface area contributed by atoms with Crippen LogP contribution in [0, 0.1) is 13.8 Å². The van der Waals surface area contributed by atoms with Gasteiger partial charge in [-0.15, -0.1) is 0 Å². The number of rotatable bonds is 6. The maximum atomic E-state index is 12.6. The molecule has 0 saturated carbocycles. The number of aromatic nitrogens is 1. The lowest BCUT2D eigenvalue weighted by molar-refractivity contribution is 0.102. The highest BCUT2D eigenvalue weighted by molar-refractivity contribution is 7.89. The Morgan fingerprint density at radius 1 is 1.07 bits per heavy atom. The summed E-state index contributed by atoms with van der Waals surface area (Å²) in [6.07, 6.45) is 0. The Morgan fingerprint density at radius 3 is 2.56 bits per heavy atom. The molecule has 2 N–H and O–H groups in total. The number of nitrogens with one attached hydrogen (secondary N) is 2. The van der Waals surface area contributed by atoms with Crippen molar-refractivity contribution >= 4 is 21.7 Å². The van der Waals surface area contributed by atoms with Crippen molar-refractivity contribution in [2.45, 2.75) is 25.3 Å². The van der Waals surface area contributed by atoms with E-state index in [-0.39, 0.29) is 22.8 Å². The molecule has 7 nitrogen and oxygen atoms in total. The van der Waals surface area contributed by atoms with E-state index in [0.717, 1.165) is 11.1 Å². The summed E-state index contributed by atoms with van der Waals surface area (Å²) in [5.41, 5.74) is 2.11. The van der Waals surface area contributed by atoms with Gasteiger partial charge in [-0.25, -0.2) is 13.1 Å². The van der Waals surface area contributed by atoms with Crippen molar-refractivity contribution in [2.24, 2.45) is 0 Å². The van der Waals surface area contributed by atoms with Crippen LogP contribution in [-0.4, -0.2) is 19.5 Å². The maximum Gasteiger partial charge on any atom is 0.256 e. The van der Waals surface area contributed by atoms with Crippen LogP contribution in [-0.2, 0) is 16.6 Å². The number of anilines is 1. The van der Waals surface area contributed by atoms with Crippen LogP contribution in [0.15, 0.2) is 64.0 Å². The quantitative estimate of drug-likeness (QED) is 0.679. The molecular weight excluding hydrogens is 366 g/mol. The summed E-state index contributed by atoms with van der Waals surface area (Å²) in [4.78, 5) is 12.3. The predicted octanol–water partition coefficient (Wildman–Crippen LogP) is 3.02. The zero-order chi connectivity index (χ0) is 19.4. The molecule has 1 heterocycles. The monoisotopic (exact) mass is 385 g/mol. The molecule has 0 bridgehead atoms. The van der Waals surface area contributed by atoms with Crippen LogP contribution in [0.5, 0.6) is 0 Å². The number of carbonyl (C=O) groups excluding carboxylic acids is 1. The number of nitrogens with zero attached hydrogens (tertiary/aromatic N) is 1. The standard InChI is InChI=1S/C19H19N3O4S/c1-13-5-3-6-15(9-13)12-20-27(24,25)17-8-4-7-16(11-17)19(23)21-18-10-14(2)26-22-18/h3-11,20H,12H2,1-2H3,(H,21,22,23). The molecule has 1 aromatic heterocycles. The number of sulfonamides is 1. The predicted molar refractivity (Wildman–Crippen MR) is 101 cm³/mol. The topological polar surface area (TPSA) is 101 Å². The molecule has 0 aliphatic carbocycles. The second-order valence-corrected chi connectivity index (χ2v) is 7.89. The summed E-state index contributed by atoms with van der Waals surface area (Å²) in [6.45, 7) is 3.81. The van der Waals surface area contributed by atoms with E-state index >= 15 is 0 Å². The Kier molecular flexibility index (Phi) is 5.38. The molecule has 0 atom stereocenters. The molecule has 2 aromatic carbocycles. The highest BCUT2D eigenvalue weighted by atomic mass is 32.2. The lowest BCUT2D eigenvalue weighted by atomic mass is 10.1. The fourth-order valence-corrected chi connectivity index (χ4v) is 3.57. The number of hydrogen-bond acceptors (Lipinski definition) is 5. The van der Waals surface area contributed by atoms with Gasteiger partial charge >= 0.3 is 0 Å². The van der Waals surface area contributed by atoms with Crippen LogP contribution < -0.4 is 10.0 Å². The van der Waals surface area contributed by atoms with Crippen molar-refractivity contribution < 1.29 is 17.7 Å². The molecule has 0 spiro atoms. The molecule has 140 valence electrons. The third-order valence-electron chi connectivity index (χ3n) is 3.82. The first-order valence-corrected chi connectivity index (χ1v) is 9.72. The Balaban J connectivity index is 1.74. The third-order valence-corrected chi connectivity index (χ3v) is 5.22. The number of amides is 1. The van der Waals surface area contributed by atoms with Gasteiger partial charge in [0.2, 0.25) is 10.0 Å². The molecule has 0 aliphatic heterocycles. The van der Waals surface area contributed by atoms with Gasteiger partial charge < -0.3 is 9.84 Å². The first-order chi connectivity index (χ1) is 12.8. The van der Waals surface area contributed by atoms with E-state index in [4.69, 9.17) is 4.52 Å². The average Bonchev–Trinajstić information content (AvgIpc) is 3.05. The average molecular weight is 385 g/mol. The molecule has 8 heteroatoms. The molecule has 0 unspecified atom stereocenters. The highest BCUT2D eigenvalue weighted by Gasteiger charge is 2.17. The first kappa shape index (κ1) is 18.8. The normalized spacial score (nSPS) is 11.3. The van der Waals surface area contributed by atoms with Crippen molar-refractivity contribution in [3.8, 4) is 0 Å². The van der Waals surface area contributed by atoms with Crippen LogP contribution in [0.25, 0.3) is 0 Å². The molecule has 0 fully saturated rings. The van der Waals surface area contributed by atoms with E-state index < -0.39 is 15.9 Å². The summed E-state index contributed by atoms with van der Waals surface area (Å²) < 4.78 is 32.6. The zero-order valence-corrected chi connectivity index (χ0v) is 15.7. The van der Waals surface area contributed by atoms with Gasteiger partial charge in [-0.2, -0.15) is 0 Å². The van der Waals surface area contributed by atoms with Crippen molar-refractivity contribution in [2.75, 3.05) is 5.32 Å². The van der Waals surface area contributed by atoms with Gasteiger partial charge in [0.15, 0.2) is 5.82 Å². The Hall–Kier alpha value is -2.97. The number of aryl methyl sites for hydroxylation is 2. The summed E-state index contributed by atoms with van der Waals surface area (Å²) in [5.74, 6) is 0.351. The minimum Gasteiger partial charge on any atom is -0.360 e. The van der Waals surface area contributed by atoms with Crippen LogP contribution in [0.2, 0.25) is 0 Å². The molecule has 3 aromatic rings. The van der Waals surface area contributed by atoms with E-state index in [1.807, 2.05) is 31.2 Å². The molecule has 0 saturated heterocycles. The van der Waals surface area contributed by atoms with Crippen LogP contribution in [0.3, 0.4) is 0 Å². The van der Waals surface area contributed by atoms with Crippen molar-refractivity contribution in [3.63, 3.8) is 0 Å². The lowest BCUT2D eigenvalue weighted by Crippen LogP contribution is -2.23. The largest absolute Gasteiger partial charge is 0.360 e. The van der Waals surface area contributed by atoms with Gasteiger partial charge in [-0.05, 0) is 37.6 Å². The minimum atomic E-state index is -3.76. The van der Waals surface area contributed by atoms with Gasteiger partial charge in [0.25, 0.3) is 5.91 Å². The fourth-order valence-electron chi connectivity index (χ4n) is 2.50. The summed E-state index contributed by atoms with van der Waals surface area (Å²) in [7, 11) is -3.76. The second kappa shape index (κ2) is 7.73. The van der Waals surface area contributed by atoms with E-state index in [1.165, 1.54) is 24.3 Å². The zero-order valence-electron chi connectivity index (χ0n) is 14.9.